The third-order valence-electron chi connectivity index (χ3n) is 7.47. The van der Waals surface area contributed by atoms with Gasteiger partial charge in [0, 0.05) is 23.9 Å². The maximum absolute atomic E-state index is 13.6. The highest BCUT2D eigenvalue weighted by Gasteiger charge is 2.48. The Bertz CT molecular complexity index is 1140. The fourth-order valence-corrected chi connectivity index (χ4v) is 6.86. The summed E-state index contributed by atoms with van der Waals surface area (Å²) in [5.74, 6) is -1.74. The normalized spacial score (nSPS) is 27.1. The molecule has 6 rings (SSSR count). The van der Waals surface area contributed by atoms with Gasteiger partial charge in [0.25, 0.3) is 5.91 Å². The topological polar surface area (TPSA) is 132 Å². The molecule has 2 aromatic heterocycles. The fourth-order valence-electron chi connectivity index (χ4n) is 5.71. The zero-order valence-corrected chi connectivity index (χ0v) is 20.1. The summed E-state index contributed by atoms with van der Waals surface area (Å²) in [5.41, 5.74) is 1.10. The largest absolute Gasteiger partial charge is 0.389 e. The smallest absolute Gasteiger partial charge is 0.271 e. The third-order valence-corrected chi connectivity index (χ3v) is 8.83. The van der Waals surface area contributed by atoms with Gasteiger partial charge in [0.15, 0.2) is 5.78 Å². The molecule has 182 valence electrons. The number of Topliss-reactive ketones (excluding diaryl/α,β-unsaturated/α-hetero) is 1. The van der Waals surface area contributed by atoms with Crippen LogP contribution in [0.2, 0.25) is 5.02 Å². The maximum atomic E-state index is 13.6. The minimum absolute atomic E-state index is 0.00623. The second-order valence-corrected chi connectivity index (χ2v) is 10.7. The maximum Gasteiger partial charge on any atom is 0.271 e. The van der Waals surface area contributed by atoms with Gasteiger partial charge in [-0.1, -0.05) is 11.6 Å². The van der Waals surface area contributed by atoms with Crippen LogP contribution in [0.4, 0.5) is 0 Å². The number of nitrogens with one attached hydrogen (secondary N) is 3. The van der Waals surface area contributed by atoms with Crippen LogP contribution < -0.4 is 10.6 Å². The number of aliphatic hydroxyl groups is 1. The summed E-state index contributed by atoms with van der Waals surface area (Å²) < 4.78 is 0.875. The minimum atomic E-state index is -0.974. The van der Waals surface area contributed by atoms with Crippen LogP contribution in [0, 0.1) is 11.8 Å². The molecule has 0 unspecified atom stereocenters. The summed E-state index contributed by atoms with van der Waals surface area (Å²) in [6.07, 6.45) is 4.05. The molecule has 0 aromatic carbocycles. The van der Waals surface area contributed by atoms with Gasteiger partial charge >= 0.3 is 0 Å². The van der Waals surface area contributed by atoms with Crippen molar-refractivity contribution in [1.82, 2.24) is 20.5 Å². The quantitative estimate of drug-likeness (QED) is 0.455. The van der Waals surface area contributed by atoms with E-state index in [1.54, 1.807) is 16.3 Å². The Morgan fingerprint density at radius 3 is 2.65 bits per heavy atom. The van der Waals surface area contributed by atoms with Gasteiger partial charge in [0.1, 0.15) is 18.3 Å². The number of ketones is 1. The van der Waals surface area contributed by atoms with E-state index in [0.29, 0.717) is 29.2 Å². The molecule has 0 spiro atoms. The molecule has 11 heteroatoms. The average Bonchev–Trinajstić information content (AvgIpc) is 3.55. The lowest BCUT2D eigenvalue weighted by Gasteiger charge is -2.50. The van der Waals surface area contributed by atoms with Crippen molar-refractivity contribution >= 4 is 56.7 Å². The van der Waals surface area contributed by atoms with Crippen LogP contribution in [-0.2, 0) is 14.4 Å². The van der Waals surface area contributed by atoms with Crippen molar-refractivity contribution in [1.29, 1.82) is 0 Å². The Labute approximate surface area is 205 Å². The first-order valence-electron chi connectivity index (χ1n) is 11.7. The number of fused-ring (bicyclic) bond motifs is 4. The van der Waals surface area contributed by atoms with Crippen LogP contribution in [0.5, 0.6) is 0 Å². The summed E-state index contributed by atoms with van der Waals surface area (Å²) in [5, 5.41) is 17.3. The van der Waals surface area contributed by atoms with Gasteiger partial charge in [-0.3, -0.25) is 19.2 Å². The van der Waals surface area contributed by atoms with Crippen LogP contribution >= 0.6 is 22.9 Å². The summed E-state index contributed by atoms with van der Waals surface area (Å²) in [6, 6.07) is 0.0293. The Balaban J connectivity index is 1.38. The van der Waals surface area contributed by atoms with Crippen LogP contribution in [0.25, 0.3) is 10.2 Å². The molecule has 9 nitrogen and oxygen atoms in total. The number of nitrogens with zero attached hydrogens (tertiary/aromatic N) is 1. The van der Waals surface area contributed by atoms with E-state index in [2.05, 4.69) is 15.6 Å². The first-order valence-corrected chi connectivity index (χ1v) is 12.9. The van der Waals surface area contributed by atoms with E-state index in [0.717, 1.165) is 30.4 Å². The molecule has 34 heavy (non-hydrogen) atoms. The standard InChI is InChI=1S/C23H27ClN4O5S/c24-14-10-34-18-8-16(26-19(14)18)23(33)28-13-3-1-11(2-4-13)20(28)22(32)27-15(17(30)9-29)7-12-5-6-25-21(12)31/h8,10-13,15,20,26,29H,1-7,9H2,(H,25,31)(H,27,32)/t11?,12-,13?,15+,20-/m0/s1. The number of aliphatic hydroxyl groups excluding tert-OH is 1. The van der Waals surface area contributed by atoms with E-state index in [9.17, 15) is 24.3 Å². The molecule has 0 radical (unpaired) electrons. The molecule has 1 saturated carbocycles. The van der Waals surface area contributed by atoms with Gasteiger partial charge < -0.3 is 25.6 Å². The molecule has 1 aliphatic carbocycles. The third kappa shape index (κ3) is 4.12. The van der Waals surface area contributed by atoms with Crippen molar-refractivity contribution in [3.05, 3.63) is 22.2 Å². The van der Waals surface area contributed by atoms with E-state index >= 15 is 0 Å². The lowest BCUT2D eigenvalue weighted by molar-refractivity contribution is -0.137. The number of thiophene rings is 1. The van der Waals surface area contributed by atoms with E-state index in [1.165, 1.54) is 11.3 Å². The van der Waals surface area contributed by atoms with Gasteiger partial charge in [-0.05, 0) is 50.5 Å². The molecule has 3 saturated heterocycles. The molecule has 4 fully saturated rings. The SMILES string of the molecule is O=C1NCC[C@H]1C[C@@H](NC(=O)[C@@H]1C2CCC(CC2)N1C(=O)c1cc2scc(Cl)c2[nH]1)C(=O)CO. The molecule has 4 aliphatic rings. The van der Waals surface area contributed by atoms with Crippen LogP contribution in [0.3, 0.4) is 0 Å². The number of aromatic amines is 1. The number of carbonyl (C=O) groups excluding carboxylic acids is 4. The summed E-state index contributed by atoms with van der Waals surface area (Å²) in [4.78, 5) is 56.3. The Hall–Kier alpha value is -2.43. The van der Waals surface area contributed by atoms with Gasteiger partial charge in [0.2, 0.25) is 11.8 Å². The van der Waals surface area contributed by atoms with Gasteiger partial charge in [-0.2, -0.15) is 0 Å². The summed E-state index contributed by atoms with van der Waals surface area (Å²) >= 11 is 7.65. The molecule has 4 N–H and O–H groups in total. The number of rotatable bonds is 7. The predicted molar refractivity (Wildman–Crippen MR) is 127 cm³/mol. The van der Waals surface area contributed by atoms with E-state index in [4.69, 9.17) is 11.6 Å². The first-order chi connectivity index (χ1) is 16.4. The highest BCUT2D eigenvalue weighted by atomic mass is 35.5. The van der Waals surface area contributed by atoms with Crippen molar-refractivity contribution in [2.45, 2.75) is 56.7 Å². The lowest BCUT2D eigenvalue weighted by atomic mass is 9.74. The van der Waals surface area contributed by atoms with Gasteiger partial charge in [-0.25, -0.2) is 0 Å². The van der Waals surface area contributed by atoms with Crippen LogP contribution in [0.15, 0.2) is 11.4 Å². The zero-order valence-electron chi connectivity index (χ0n) is 18.5. The van der Waals surface area contributed by atoms with E-state index in [-0.39, 0.29) is 30.2 Å². The van der Waals surface area contributed by atoms with Crippen molar-refractivity contribution in [2.24, 2.45) is 11.8 Å². The monoisotopic (exact) mass is 506 g/mol. The second kappa shape index (κ2) is 9.31. The summed E-state index contributed by atoms with van der Waals surface area (Å²) in [6.45, 7) is -0.192. The number of hydrogen-bond donors (Lipinski definition) is 4. The molecular weight excluding hydrogens is 480 g/mol. The Morgan fingerprint density at radius 1 is 1.24 bits per heavy atom. The van der Waals surface area contributed by atoms with E-state index in [1.807, 2.05) is 0 Å². The molecule has 2 aromatic rings. The molecule has 3 atom stereocenters. The number of piperidine rings is 2. The second-order valence-electron chi connectivity index (χ2n) is 9.43. The first kappa shape index (κ1) is 23.3. The van der Waals surface area contributed by atoms with Crippen molar-refractivity contribution in [2.75, 3.05) is 13.2 Å². The van der Waals surface area contributed by atoms with E-state index < -0.39 is 36.3 Å². The number of hydrogen-bond acceptors (Lipinski definition) is 6. The number of H-pyrrole nitrogens is 1. The average molecular weight is 507 g/mol. The molecule has 5 heterocycles. The van der Waals surface area contributed by atoms with Crippen LogP contribution in [-0.4, -0.2) is 69.8 Å². The summed E-state index contributed by atoms with van der Waals surface area (Å²) in [7, 11) is 0. The number of aromatic nitrogens is 1. The minimum Gasteiger partial charge on any atom is -0.389 e. The molecular formula is C23H27ClN4O5S. The fraction of sp³-hybridized carbons (Fsp3) is 0.565. The van der Waals surface area contributed by atoms with Crippen molar-refractivity contribution < 1.29 is 24.3 Å². The van der Waals surface area contributed by atoms with Crippen molar-refractivity contribution in [3.63, 3.8) is 0 Å². The van der Waals surface area contributed by atoms with Crippen LogP contribution in [0.1, 0.15) is 49.0 Å². The molecule has 2 bridgehead atoms. The Kier molecular flexibility index (Phi) is 6.39. The number of amides is 3. The zero-order chi connectivity index (χ0) is 24.0. The highest BCUT2D eigenvalue weighted by molar-refractivity contribution is 7.17. The molecule has 3 amide bonds. The Morgan fingerprint density at radius 2 is 2.00 bits per heavy atom. The lowest BCUT2D eigenvalue weighted by Crippen LogP contribution is -2.64. The predicted octanol–water partition coefficient (Wildman–Crippen LogP) is 1.84. The highest BCUT2D eigenvalue weighted by Crippen LogP contribution is 2.41. The molecule has 3 aliphatic heterocycles. The van der Waals surface area contributed by atoms with Gasteiger partial charge in [0.05, 0.1) is 21.3 Å². The van der Waals surface area contributed by atoms with Gasteiger partial charge in [-0.15, -0.1) is 11.3 Å². The number of carbonyl (C=O) groups is 4. The number of halogens is 1. The van der Waals surface area contributed by atoms with Crippen molar-refractivity contribution in [3.8, 4) is 0 Å².